The van der Waals surface area contributed by atoms with Crippen LogP contribution in [-0.4, -0.2) is 29.9 Å². The van der Waals surface area contributed by atoms with E-state index in [-0.39, 0.29) is 29.6 Å². The number of phenolic OH excluding ortho intramolecular Hbond substituents is 2. The smallest absolute Gasteiger partial charge is 0.306 e. The molecule has 0 saturated carbocycles. The summed E-state index contributed by atoms with van der Waals surface area (Å²) < 4.78 is 10.3. The maximum atomic E-state index is 11.9. The zero-order valence-electron chi connectivity index (χ0n) is 21.2. The minimum atomic E-state index is -0.262. The van der Waals surface area contributed by atoms with Crippen molar-refractivity contribution in [2.24, 2.45) is 0 Å². The van der Waals surface area contributed by atoms with Crippen LogP contribution in [0.3, 0.4) is 0 Å². The van der Waals surface area contributed by atoms with Gasteiger partial charge in [0.05, 0.1) is 13.7 Å². The fraction of sp³-hybridized carbons (Fsp3) is 0.750. The van der Waals surface area contributed by atoms with Gasteiger partial charge >= 0.3 is 5.97 Å². The molecule has 1 aromatic rings. The van der Waals surface area contributed by atoms with Gasteiger partial charge in [0.1, 0.15) is 0 Å². The number of aromatic hydroxyl groups is 2. The van der Waals surface area contributed by atoms with Crippen LogP contribution >= 0.6 is 0 Å². The van der Waals surface area contributed by atoms with Crippen LogP contribution in [0.5, 0.6) is 17.2 Å². The summed E-state index contributed by atoms with van der Waals surface area (Å²) in [6.07, 6.45) is 21.7. The highest BCUT2D eigenvalue weighted by molar-refractivity contribution is 5.70. The normalized spacial score (nSPS) is 11.0. The monoisotopic (exact) mass is 464 g/mol. The van der Waals surface area contributed by atoms with Gasteiger partial charge < -0.3 is 19.7 Å². The van der Waals surface area contributed by atoms with Crippen molar-refractivity contribution in [3.8, 4) is 17.2 Å². The third kappa shape index (κ3) is 14.1. The van der Waals surface area contributed by atoms with Gasteiger partial charge in [-0.2, -0.15) is 0 Å². The molecule has 2 N–H and O–H groups in total. The largest absolute Gasteiger partial charge is 0.504 e. The Labute approximate surface area is 201 Å². The molecule has 0 unspecified atom stereocenters. The molecular formula is C28H48O5. The number of rotatable bonds is 21. The average molecular weight is 465 g/mol. The lowest BCUT2D eigenvalue weighted by Gasteiger charge is -2.10. The van der Waals surface area contributed by atoms with E-state index < -0.39 is 0 Å². The molecule has 0 aliphatic rings. The molecule has 0 amide bonds. The van der Waals surface area contributed by atoms with Gasteiger partial charge in [-0.05, 0) is 24.5 Å². The summed E-state index contributed by atoms with van der Waals surface area (Å²) in [5.41, 5.74) is 0.559. The van der Waals surface area contributed by atoms with Gasteiger partial charge in [-0.15, -0.1) is 0 Å². The molecule has 5 nitrogen and oxygen atoms in total. The molecule has 0 saturated heterocycles. The van der Waals surface area contributed by atoms with Gasteiger partial charge in [0.2, 0.25) is 5.75 Å². The van der Waals surface area contributed by atoms with Crippen molar-refractivity contribution in [2.75, 3.05) is 13.7 Å². The van der Waals surface area contributed by atoms with Crippen LogP contribution in [0.25, 0.3) is 0 Å². The first-order valence-electron chi connectivity index (χ1n) is 13.3. The highest BCUT2D eigenvalue weighted by Gasteiger charge is 2.14. The molecule has 0 heterocycles. The van der Waals surface area contributed by atoms with E-state index in [1.165, 1.54) is 103 Å². The highest BCUT2D eigenvalue weighted by atomic mass is 16.5. The van der Waals surface area contributed by atoms with E-state index >= 15 is 0 Å². The van der Waals surface area contributed by atoms with Crippen LogP contribution in [0, 0.1) is 0 Å². The topological polar surface area (TPSA) is 76.0 Å². The van der Waals surface area contributed by atoms with Gasteiger partial charge in [-0.1, -0.05) is 109 Å². The summed E-state index contributed by atoms with van der Waals surface area (Å²) in [6, 6.07) is 3.05. The molecule has 190 valence electrons. The zero-order valence-corrected chi connectivity index (χ0v) is 21.2. The quantitative estimate of drug-likeness (QED) is 0.143. The first kappa shape index (κ1) is 29.1. The number of aryl methyl sites for hydroxylation is 1. The summed E-state index contributed by atoms with van der Waals surface area (Å²) in [5, 5.41) is 19.7. The van der Waals surface area contributed by atoms with E-state index in [2.05, 4.69) is 6.92 Å². The van der Waals surface area contributed by atoms with Crippen LogP contribution in [0.4, 0.5) is 0 Å². The molecule has 0 atom stereocenters. The maximum absolute atomic E-state index is 11.9. The second-order valence-corrected chi connectivity index (χ2v) is 9.15. The van der Waals surface area contributed by atoms with Gasteiger partial charge in [0.15, 0.2) is 11.5 Å². The van der Waals surface area contributed by atoms with Gasteiger partial charge in [-0.3, -0.25) is 4.79 Å². The molecule has 5 heteroatoms. The van der Waals surface area contributed by atoms with Crippen molar-refractivity contribution in [3.63, 3.8) is 0 Å². The maximum Gasteiger partial charge on any atom is 0.306 e. The average Bonchev–Trinajstić information content (AvgIpc) is 2.81. The molecule has 0 spiro atoms. The van der Waals surface area contributed by atoms with E-state index in [0.717, 1.165) is 12.8 Å². The van der Waals surface area contributed by atoms with Crippen LogP contribution in [-0.2, 0) is 16.0 Å². The lowest BCUT2D eigenvalue weighted by molar-refractivity contribution is -0.143. The third-order valence-corrected chi connectivity index (χ3v) is 6.26. The SMILES string of the molecule is CCCCCCCCCCCCCCCCCCOC(=O)CCc1ccc(O)c(OC)c1O. The molecule has 0 aromatic heterocycles. The summed E-state index contributed by atoms with van der Waals surface area (Å²) >= 11 is 0. The van der Waals surface area contributed by atoms with Crippen molar-refractivity contribution >= 4 is 5.97 Å². The number of benzene rings is 1. The predicted molar refractivity (Wildman–Crippen MR) is 135 cm³/mol. The molecule has 0 bridgehead atoms. The molecule has 0 aliphatic heterocycles. The van der Waals surface area contributed by atoms with E-state index in [1.807, 2.05) is 0 Å². The number of ether oxygens (including phenoxy) is 2. The number of methoxy groups -OCH3 is 1. The molecule has 0 radical (unpaired) electrons. The van der Waals surface area contributed by atoms with E-state index in [1.54, 1.807) is 6.07 Å². The number of hydrogen-bond acceptors (Lipinski definition) is 5. The van der Waals surface area contributed by atoms with Crippen molar-refractivity contribution < 1.29 is 24.5 Å². The first-order chi connectivity index (χ1) is 16.1. The molecule has 0 fully saturated rings. The highest BCUT2D eigenvalue weighted by Crippen LogP contribution is 2.38. The van der Waals surface area contributed by atoms with Crippen LogP contribution < -0.4 is 4.74 Å². The fourth-order valence-electron chi connectivity index (χ4n) is 4.15. The van der Waals surface area contributed by atoms with E-state index in [9.17, 15) is 15.0 Å². The minimum Gasteiger partial charge on any atom is -0.504 e. The number of carbonyl (C=O) groups is 1. The van der Waals surface area contributed by atoms with Gasteiger partial charge in [0, 0.05) is 6.42 Å². The number of hydrogen-bond donors (Lipinski definition) is 2. The second kappa shape index (κ2) is 19.5. The Balaban J connectivity index is 1.90. The van der Waals surface area contributed by atoms with Crippen LogP contribution in [0.15, 0.2) is 12.1 Å². The summed E-state index contributed by atoms with van der Waals surface area (Å²) in [5.74, 6) is -0.468. The van der Waals surface area contributed by atoms with Crippen LogP contribution in [0.2, 0.25) is 0 Å². The van der Waals surface area contributed by atoms with E-state index in [0.29, 0.717) is 18.6 Å². The molecule has 1 rings (SSSR count). The van der Waals surface area contributed by atoms with Crippen molar-refractivity contribution in [2.45, 2.75) is 122 Å². The Morgan fingerprint density at radius 3 is 1.73 bits per heavy atom. The molecule has 1 aromatic carbocycles. The number of phenols is 2. The second-order valence-electron chi connectivity index (χ2n) is 9.15. The van der Waals surface area contributed by atoms with Crippen molar-refractivity contribution in [1.82, 2.24) is 0 Å². The Bertz CT molecular complexity index is 629. The zero-order chi connectivity index (χ0) is 24.2. The van der Waals surface area contributed by atoms with Crippen molar-refractivity contribution in [1.29, 1.82) is 0 Å². The van der Waals surface area contributed by atoms with Crippen molar-refractivity contribution in [3.05, 3.63) is 17.7 Å². The minimum absolute atomic E-state index is 0.0361. The summed E-state index contributed by atoms with van der Waals surface area (Å²) in [6.45, 7) is 2.73. The van der Waals surface area contributed by atoms with Gasteiger partial charge in [-0.25, -0.2) is 0 Å². The molecular weight excluding hydrogens is 416 g/mol. The molecule has 0 aliphatic carbocycles. The first-order valence-corrected chi connectivity index (χ1v) is 13.3. The van der Waals surface area contributed by atoms with Gasteiger partial charge in [0.25, 0.3) is 0 Å². The Morgan fingerprint density at radius 1 is 0.758 bits per heavy atom. The number of carbonyl (C=O) groups excluding carboxylic acids is 1. The predicted octanol–water partition coefficient (Wildman–Crippen LogP) is 7.84. The lowest BCUT2D eigenvalue weighted by atomic mass is 10.0. The lowest BCUT2D eigenvalue weighted by Crippen LogP contribution is -2.07. The Morgan fingerprint density at radius 2 is 1.24 bits per heavy atom. The third-order valence-electron chi connectivity index (χ3n) is 6.26. The molecule has 33 heavy (non-hydrogen) atoms. The number of unbranched alkanes of at least 4 members (excludes halogenated alkanes) is 15. The van der Waals surface area contributed by atoms with Crippen LogP contribution in [0.1, 0.15) is 122 Å². The fourth-order valence-corrected chi connectivity index (χ4v) is 4.15. The summed E-state index contributed by atoms with van der Waals surface area (Å²) in [4.78, 5) is 11.9. The standard InChI is InChI=1S/C28H48O5/c1-3-4-5-6-7-8-9-10-11-12-13-14-15-16-17-18-23-33-26(30)22-20-24-19-21-25(29)28(32-2)27(24)31/h19,21,29,31H,3-18,20,22-23H2,1-2H3. The Hall–Kier alpha value is -1.91. The Kier molecular flexibility index (Phi) is 17.3. The van der Waals surface area contributed by atoms with E-state index in [4.69, 9.17) is 9.47 Å². The summed E-state index contributed by atoms with van der Waals surface area (Å²) in [7, 11) is 1.38. The number of esters is 1.